The van der Waals surface area contributed by atoms with E-state index in [4.69, 9.17) is 4.42 Å². The first-order chi connectivity index (χ1) is 8.25. The molecule has 0 aliphatic carbocycles. The number of halogens is 1. The fourth-order valence-electron chi connectivity index (χ4n) is 1.62. The first-order valence-electron chi connectivity index (χ1n) is 4.88. The molecule has 2 aromatic heterocycles. The van der Waals surface area contributed by atoms with Crippen LogP contribution in [0.15, 0.2) is 34.1 Å². The number of para-hydroxylation sites is 1. The van der Waals surface area contributed by atoms with Gasteiger partial charge in [0, 0.05) is 10.8 Å². The minimum Gasteiger partial charge on any atom is -0.455 e. The van der Waals surface area contributed by atoms with Crippen molar-refractivity contribution in [2.45, 2.75) is 6.10 Å². The molecule has 0 radical (unpaired) electrons. The van der Waals surface area contributed by atoms with Crippen molar-refractivity contribution in [3.63, 3.8) is 0 Å². The molecule has 2 heterocycles. The van der Waals surface area contributed by atoms with Gasteiger partial charge in [-0.2, -0.15) is 0 Å². The molecule has 0 saturated carbocycles. The Morgan fingerprint density at radius 1 is 1.41 bits per heavy atom. The van der Waals surface area contributed by atoms with Gasteiger partial charge < -0.3 is 9.52 Å². The van der Waals surface area contributed by atoms with Gasteiger partial charge in [0.1, 0.15) is 11.5 Å². The standard InChI is InChI=1S/C11H7FN2O2S/c12-7-3-1-2-6-4-9(16-11(6)7)10(15)8-5-17-14-13-8/h1-5,10,15H. The molecule has 3 aromatic rings. The summed E-state index contributed by atoms with van der Waals surface area (Å²) in [6.45, 7) is 0. The SMILES string of the molecule is OC(c1csnn1)c1cc2cccc(F)c2o1. The maximum atomic E-state index is 13.4. The lowest BCUT2D eigenvalue weighted by Gasteiger charge is -2.01. The molecule has 0 fully saturated rings. The largest absolute Gasteiger partial charge is 0.455 e. The van der Waals surface area contributed by atoms with E-state index in [0.29, 0.717) is 11.1 Å². The average Bonchev–Trinajstić information content (AvgIpc) is 2.98. The van der Waals surface area contributed by atoms with E-state index in [-0.39, 0.29) is 11.3 Å². The summed E-state index contributed by atoms with van der Waals surface area (Å²) in [7, 11) is 0. The molecular weight excluding hydrogens is 243 g/mol. The van der Waals surface area contributed by atoms with Gasteiger partial charge in [-0.15, -0.1) is 5.10 Å². The van der Waals surface area contributed by atoms with Crippen LogP contribution in [0.25, 0.3) is 11.0 Å². The summed E-state index contributed by atoms with van der Waals surface area (Å²) < 4.78 is 22.4. The molecule has 17 heavy (non-hydrogen) atoms. The predicted octanol–water partition coefficient (Wildman–Crippen LogP) is 2.51. The van der Waals surface area contributed by atoms with Crippen LogP contribution in [0, 0.1) is 5.82 Å². The molecular formula is C11H7FN2O2S. The monoisotopic (exact) mass is 250 g/mol. The van der Waals surface area contributed by atoms with E-state index in [1.165, 1.54) is 6.07 Å². The van der Waals surface area contributed by atoms with Gasteiger partial charge >= 0.3 is 0 Å². The van der Waals surface area contributed by atoms with E-state index < -0.39 is 11.9 Å². The predicted molar refractivity (Wildman–Crippen MR) is 60.1 cm³/mol. The van der Waals surface area contributed by atoms with Crippen molar-refractivity contribution in [2.75, 3.05) is 0 Å². The van der Waals surface area contributed by atoms with Crippen molar-refractivity contribution in [1.82, 2.24) is 9.59 Å². The van der Waals surface area contributed by atoms with E-state index in [1.807, 2.05) is 0 Å². The zero-order chi connectivity index (χ0) is 11.8. The number of benzene rings is 1. The molecule has 6 heteroatoms. The molecule has 1 N–H and O–H groups in total. The molecule has 4 nitrogen and oxygen atoms in total. The van der Waals surface area contributed by atoms with Crippen molar-refractivity contribution in [1.29, 1.82) is 0 Å². The van der Waals surface area contributed by atoms with Gasteiger partial charge in [0.2, 0.25) is 0 Å². The average molecular weight is 250 g/mol. The second-order valence-corrected chi connectivity index (χ2v) is 4.15. The van der Waals surface area contributed by atoms with Crippen LogP contribution in [0.5, 0.6) is 0 Å². The molecule has 0 aliphatic heterocycles. The van der Waals surface area contributed by atoms with Gasteiger partial charge in [-0.3, -0.25) is 0 Å². The Morgan fingerprint density at radius 3 is 3.00 bits per heavy atom. The second-order valence-electron chi connectivity index (χ2n) is 3.54. The van der Waals surface area contributed by atoms with E-state index in [2.05, 4.69) is 9.59 Å². The van der Waals surface area contributed by atoms with Crippen LogP contribution in [-0.4, -0.2) is 14.7 Å². The van der Waals surface area contributed by atoms with Crippen LogP contribution in [0.1, 0.15) is 17.6 Å². The lowest BCUT2D eigenvalue weighted by molar-refractivity contribution is 0.187. The van der Waals surface area contributed by atoms with E-state index in [9.17, 15) is 9.50 Å². The summed E-state index contributed by atoms with van der Waals surface area (Å²) in [5, 5.41) is 15.9. The highest BCUT2D eigenvalue weighted by molar-refractivity contribution is 7.03. The third-order valence-corrected chi connectivity index (χ3v) is 2.96. The van der Waals surface area contributed by atoms with Crippen LogP contribution < -0.4 is 0 Å². The van der Waals surface area contributed by atoms with Crippen molar-refractivity contribution in [3.8, 4) is 0 Å². The summed E-state index contributed by atoms with van der Waals surface area (Å²) >= 11 is 1.14. The fourth-order valence-corrected chi connectivity index (χ4v) is 2.09. The number of rotatable bonds is 2. The van der Waals surface area contributed by atoms with Crippen molar-refractivity contribution in [2.24, 2.45) is 0 Å². The van der Waals surface area contributed by atoms with Crippen LogP contribution in [-0.2, 0) is 0 Å². The first-order valence-corrected chi connectivity index (χ1v) is 5.72. The molecule has 0 saturated heterocycles. The maximum absolute atomic E-state index is 13.4. The molecule has 1 unspecified atom stereocenters. The van der Waals surface area contributed by atoms with Crippen molar-refractivity contribution >= 4 is 22.5 Å². The normalized spacial score (nSPS) is 13.1. The van der Waals surface area contributed by atoms with Gasteiger partial charge in [0.25, 0.3) is 0 Å². The number of furan rings is 1. The van der Waals surface area contributed by atoms with Gasteiger partial charge in [0.05, 0.1) is 0 Å². The third-order valence-electron chi connectivity index (χ3n) is 2.44. The summed E-state index contributed by atoms with van der Waals surface area (Å²) in [5.41, 5.74) is 0.541. The van der Waals surface area contributed by atoms with E-state index in [0.717, 1.165) is 11.5 Å². The molecule has 0 amide bonds. The Bertz CT molecular complexity index is 651. The van der Waals surface area contributed by atoms with Crippen molar-refractivity contribution in [3.05, 3.63) is 46.9 Å². The lowest BCUT2D eigenvalue weighted by Crippen LogP contribution is -1.98. The molecule has 0 bridgehead atoms. The topological polar surface area (TPSA) is 59.2 Å². The molecule has 1 atom stereocenters. The Hall–Kier alpha value is -1.79. The van der Waals surface area contributed by atoms with E-state index in [1.54, 1.807) is 23.6 Å². The Labute approximate surface area is 99.5 Å². The minimum absolute atomic E-state index is 0.143. The smallest absolute Gasteiger partial charge is 0.170 e. The zero-order valence-corrected chi connectivity index (χ0v) is 9.32. The summed E-state index contributed by atoms with van der Waals surface area (Å²) in [6, 6.07) is 6.22. The Kier molecular flexibility index (Phi) is 2.38. The van der Waals surface area contributed by atoms with Gasteiger partial charge in [0.15, 0.2) is 17.5 Å². The number of aliphatic hydroxyl groups is 1. The van der Waals surface area contributed by atoms with Gasteiger partial charge in [-0.05, 0) is 23.7 Å². The van der Waals surface area contributed by atoms with Gasteiger partial charge in [-0.1, -0.05) is 16.6 Å². The van der Waals surface area contributed by atoms with Crippen LogP contribution in [0.3, 0.4) is 0 Å². The number of aromatic nitrogens is 2. The second kappa shape index (κ2) is 3.90. The Balaban J connectivity index is 2.10. The highest BCUT2D eigenvalue weighted by Crippen LogP contribution is 2.28. The quantitative estimate of drug-likeness (QED) is 0.759. The van der Waals surface area contributed by atoms with Crippen LogP contribution >= 0.6 is 11.5 Å². The van der Waals surface area contributed by atoms with Crippen molar-refractivity contribution < 1.29 is 13.9 Å². The number of hydrogen-bond acceptors (Lipinski definition) is 5. The highest BCUT2D eigenvalue weighted by Gasteiger charge is 2.19. The number of aliphatic hydroxyl groups excluding tert-OH is 1. The summed E-state index contributed by atoms with van der Waals surface area (Å²) in [6.07, 6.45) is -1.01. The number of nitrogens with zero attached hydrogens (tertiary/aromatic N) is 2. The minimum atomic E-state index is -1.01. The lowest BCUT2D eigenvalue weighted by atomic mass is 10.2. The third kappa shape index (κ3) is 1.71. The number of hydrogen-bond donors (Lipinski definition) is 1. The highest BCUT2D eigenvalue weighted by atomic mass is 32.1. The van der Waals surface area contributed by atoms with Crippen LogP contribution in [0.4, 0.5) is 4.39 Å². The van der Waals surface area contributed by atoms with E-state index >= 15 is 0 Å². The number of fused-ring (bicyclic) bond motifs is 1. The molecule has 0 aliphatic rings. The van der Waals surface area contributed by atoms with Crippen LogP contribution in [0.2, 0.25) is 0 Å². The summed E-state index contributed by atoms with van der Waals surface area (Å²) in [5.74, 6) is -0.185. The van der Waals surface area contributed by atoms with Gasteiger partial charge in [-0.25, -0.2) is 4.39 Å². The summed E-state index contributed by atoms with van der Waals surface area (Å²) in [4.78, 5) is 0. The first kappa shape index (κ1) is 10.4. The molecule has 86 valence electrons. The maximum Gasteiger partial charge on any atom is 0.170 e. The molecule has 0 spiro atoms. The fraction of sp³-hybridized carbons (Fsp3) is 0.0909. The zero-order valence-electron chi connectivity index (χ0n) is 8.50. The molecule has 1 aromatic carbocycles. The Morgan fingerprint density at radius 2 is 2.29 bits per heavy atom. The molecule has 3 rings (SSSR count).